The van der Waals surface area contributed by atoms with Gasteiger partial charge in [-0.2, -0.15) is 0 Å². The van der Waals surface area contributed by atoms with Crippen LogP contribution in [-0.4, -0.2) is 30.5 Å². The van der Waals surface area contributed by atoms with Crippen LogP contribution in [0.5, 0.6) is 0 Å². The van der Waals surface area contributed by atoms with E-state index in [0.29, 0.717) is 13.2 Å². The molecular weight excluding hydrogens is 286 g/mol. The molecule has 0 unspecified atom stereocenters. The second-order valence-electron chi connectivity index (χ2n) is 4.82. The summed E-state index contributed by atoms with van der Waals surface area (Å²) >= 11 is 1.54. The van der Waals surface area contributed by atoms with Gasteiger partial charge in [-0.15, -0.1) is 10.2 Å². The number of furan rings is 1. The average Bonchev–Trinajstić information content (AvgIpc) is 3.09. The molecule has 0 saturated carbocycles. The lowest BCUT2D eigenvalue weighted by molar-refractivity contribution is 0.199. The Morgan fingerprint density at radius 2 is 2.19 bits per heavy atom. The lowest BCUT2D eigenvalue weighted by Crippen LogP contribution is -2.18. The van der Waals surface area contributed by atoms with Gasteiger partial charge in [0.25, 0.3) is 0 Å². The fourth-order valence-electron chi connectivity index (χ4n) is 2.06. The number of hydrogen-bond acceptors (Lipinski definition) is 6. The predicted molar refractivity (Wildman–Crippen MR) is 83.4 cm³/mol. The Kier molecular flexibility index (Phi) is 4.28. The number of methoxy groups -OCH3 is 1. The first-order valence-corrected chi connectivity index (χ1v) is 7.60. The van der Waals surface area contributed by atoms with Crippen molar-refractivity contribution in [2.75, 3.05) is 20.3 Å². The molecule has 2 heterocycles. The van der Waals surface area contributed by atoms with Crippen molar-refractivity contribution in [3.05, 3.63) is 34.8 Å². The summed E-state index contributed by atoms with van der Waals surface area (Å²) in [6.45, 7) is 4.26. The standard InChI is InChI=1S/C15H17N3O2S/c1-10-3-4-12-11(7-10)8-13(20-12)15-18-17-14(21-15)9-16-5-6-19-2/h3-4,7-8,16H,5-6,9H2,1-2H3. The van der Waals surface area contributed by atoms with Gasteiger partial charge in [0, 0.05) is 25.6 Å². The minimum absolute atomic E-state index is 0.689. The molecular formula is C15H17N3O2S. The first-order valence-electron chi connectivity index (χ1n) is 6.79. The van der Waals surface area contributed by atoms with Gasteiger partial charge >= 0.3 is 0 Å². The number of nitrogens with zero attached hydrogens (tertiary/aromatic N) is 2. The molecule has 0 aliphatic rings. The molecule has 110 valence electrons. The SMILES string of the molecule is COCCNCc1nnc(-c2cc3cc(C)ccc3o2)s1. The molecule has 1 aromatic carbocycles. The zero-order chi connectivity index (χ0) is 14.7. The minimum atomic E-state index is 0.689. The van der Waals surface area contributed by atoms with Gasteiger partial charge < -0.3 is 14.5 Å². The Morgan fingerprint density at radius 1 is 1.29 bits per heavy atom. The highest BCUT2D eigenvalue weighted by Crippen LogP contribution is 2.30. The number of nitrogens with one attached hydrogen (secondary N) is 1. The van der Waals surface area contributed by atoms with Crippen molar-refractivity contribution in [3.8, 4) is 10.8 Å². The van der Waals surface area contributed by atoms with Gasteiger partial charge in [0.05, 0.1) is 6.61 Å². The third-order valence-corrected chi connectivity index (χ3v) is 4.05. The average molecular weight is 303 g/mol. The van der Waals surface area contributed by atoms with Crippen LogP contribution in [-0.2, 0) is 11.3 Å². The van der Waals surface area contributed by atoms with Crippen molar-refractivity contribution in [2.45, 2.75) is 13.5 Å². The topological polar surface area (TPSA) is 60.2 Å². The third kappa shape index (κ3) is 3.29. The molecule has 3 aromatic rings. The lowest BCUT2D eigenvalue weighted by Gasteiger charge is -1.99. The number of aromatic nitrogens is 2. The molecule has 1 N–H and O–H groups in total. The number of fused-ring (bicyclic) bond motifs is 1. The van der Waals surface area contributed by atoms with E-state index in [2.05, 4.69) is 28.5 Å². The maximum absolute atomic E-state index is 5.83. The summed E-state index contributed by atoms with van der Waals surface area (Å²) < 4.78 is 10.8. The highest BCUT2D eigenvalue weighted by Gasteiger charge is 2.11. The maximum Gasteiger partial charge on any atom is 0.183 e. The fraction of sp³-hybridized carbons (Fsp3) is 0.333. The van der Waals surface area contributed by atoms with Crippen LogP contribution >= 0.6 is 11.3 Å². The summed E-state index contributed by atoms with van der Waals surface area (Å²) in [5, 5.41) is 14.5. The van der Waals surface area contributed by atoms with E-state index in [1.165, 1.54) is 5.56 Å². The number of aryl methyl sites for hydroxylation is 1. The van der Waals surface area contributed by atoms with Gasteiger partial charge in [-0.3, -0.25) is 0 Å². The van der Waals surface area contributed by atoms with Crippen LogP contribution in [0, 0.1) is 6.92 Å². The molecule has 21 heavy (non-hydrogen) atoms. The Bertz CT molecular complexity index is 735. The Balaban J connectivity index is 1.75. The van der Waals surface area contributed by atoms with Crippen molar-refractivity contribution < 1.29 is 9.15 Å². The van der Waals surface area contributed by atoms with E-state index in [9.17, 15) is 0 Å². The number of rotatable bonds is 6. The van der Waals surface area contributed by atoms with Crippen LogP contribution in [0.1, 0.15) is 10.6 Å². The van der Waals surface area contributed by atoms with Gasteiger partial charge in [0.15, 0.2) is 10.8 Å². The smallest absolute Gasteiger partial charge is 0.183 e. The van der Waals surface area contributed by atoms with Crippen molar-refractivity contribution in [1.29, 1.82) is 0 Å². The number of ether oxygens (including phenoxy) is 1. The Morgan fingerprint density at radius 3 is 3.05 bits per heavy atom. The van der Waals surface area contributed by atoms with Gasteiger partial charge in [0.2, 0.25) is 0 Å². The molecule has 0 aliphatic heterocycles. The van der Waals surface area contributed by atoms with Gasteiger partial charge in [0.1, 0.15) is 10.6 Å². The molecule has 0 amide bonds. The Hall–Kier alpha value is -1.76. The number of benzene rings is 1. The highest BCUT2D eigenvalue weighted by molar-refractivity contribution is 7.14. The summed E-state index contributed by atoms with van der Waals surface area (Å²) in [6.07, 6.45) is 0. The molecule has 3 rings (SSSR count). The van der Waals surface area contributed by atoms with Gasteiger partial charge in [-0.1, -0.05) is 23.0 Å². The number of hydrogen-bond donors (Lipinski definition) is 1. The molecule has 0 bridgehead atoms. The first-order chi connectivity index (χ1) is 10.3. The lowest BCUT2D eigenvalue weighted by atomic mass is 10.2. The summed E-state index contributed by atoms with van der Waals surface area (Å²) in [7, 11) is 1.69. The summed E-state index contributed by atoms with van der Waals surface area (Å²) in [4.78, 5) is 0. The molecule has 5 nitrogen and oxygen atoms in total. The largest absolute Gasteiger partial charge is 0.453 e. The van der Waals surface area contributed by atoms with Crippen LogP contribution < -0.4 is 5.32 Å². The van der Waals surface area contributed by atoms with Crippen LogP contribution in [0.4, 0.5) is 0 Å². The molecule has 0 saturated heterocycles. The molecule has 0 fully saturated rings. The molecule has 0 aliphatic carbocycles. The predicted octanol–water partition coefficient (Wildman–Crippen LogP) is 3.00. The van der Waals surface area contributed by atoms with Gasteiger partial charge in [-0.25, -0.2) is 0 Å². The van der Waals surface area contributed by atoms with Crippen LogP contribution in [0.25, 0.3) is 21.7 Å². The van der Waals surface area contributed by atoms with Crippen molar-refractivity contribution in [3.63, 3.8) is 0 Å². The highest BCUT2D eigenvalue weighted by atomic mass is 32.1. The third-order valence-electron chi connectivity index (χ3n) is 3.11. The van der Waals surface area contributed by atoms with E-state index in [0.717, 1.165) is 33.3 Å². The zero-order valence-corrected chi connectivity index (χ0v) is 12.9. The minimum Gasteiger partial charge on any atom is -0.453 e. The van der Waals surface area contributed by atoms with E-state index in [-0.39, 0.29) is 0 Å². The fourth-order valence-corrected chi connectivity index (χ4v) is 2.82. The van der Waals surface area contributed by atoms with Crippen molar-refractivity contribution in [2.24, 2.45) is 0 Å². The molecule has 0 spiro atoms. The maximum atomic E-state index is 5.83. The van der Waals surface area contributed by atoms with Crippen molar-refractivity contribution >= 4 is 22.3 Å². The Labute approximate surface area is 127 Å². The second-order valence-corrected chi connectivity index (χ2v) is 5.88. The summed E-state index contributed by atoms with van der Waals surface area (Å²) in [5.74, 6) is 0.774. The van der Waals surface area contributed by atoms with Crippen LogP contribution in [0.15, 0.2) is 28.7 Å². The monoisotopic (exact) mass is 303 g/mol. The van der Waals surface area contributed by atoms with Crippen LogP contribution in [0.2, 0.25) is 0 Å². The molecule has 2 aromatic heterocycles. The van der Waals surface area contributed by atoms with E-state index < -0.39 is 0 Å². The first kappa shape index (κ1) is 14.2. The molecule has 6 heteroatoms. The summed E-state index contributed by atoms with van der Waals surface area (Å²) in [6, 6.07) is 8.16. The van der Waals surface area contributed by atoms with E-state index in [4.69, 9.17) is 9.15 Å². The van der Waals surface area contributed by atoms with Gasteiger partial charge in [-0.05, 0) is 25.1 Å². The van der Waals surface area contributed by atoms with E-state index >= 15 is 0 Å². The molecule has 0 radical (unpaired) electrons. The summed E-state index contributed by atoms with van der Waals surface area (Å²) in [5.41, 5.74) is 2.10. The molecule has 0 atom stereocenters. The normalized spacial score (nSPS) is 11.3. The van der Waals surface area contributed by atoms with E-state index in [1.54, 1.807) is 18.4 Å². The second kappa shape index (κ2) is 6.34. The zero-order valence-electron chi connectivity index (χ0n) is 12.0. The van der Waals surface area contributed by atoms with Crippen molar-refractivity contribution in [1.82, 2.24) is 15.5 Å². The van der Waals surface area contributed by atoms with Crippen LogP contribution in [0.3, 0.4) is 0 Å². The quantitative estimate of drug-likeness (QED) is 0.709. The van der Waals surface area contributed by atoms with E-state index in [1.807, 2.05) is 18.2 Å².